The number of ether oxygens (including phenoxy) is 1. The topological polar surface area (TPSA) is 117 Å². The van der Waals surface area contributed by atoms with Gasteiger partial charge in [-0.2, -0.15) is 23.4 Å². The lowest BCUT2D eigenvalue weighted by Gasteiger charge is -2.08. The van der Waals surface area contributed by atoms with Gasteiger partial charge in [0.1, 0.15) is 5.75 Å². The molecule has 2 aromatic carbocycles. The zero-order valence-electron chi connectivity index (χ0n) is 18.1. The Bertz CT molecular complexity index is 1420. The first-order valence-corrected chi connectivity index (χ1v) is 10.6. The minimum absolute atomic E-state index is 0.0523. The number of nitrogens with zero attached hydrogens (tertiary/aromatic N) is 5. The van der Waals surface area contributed by atoms with E-state index in [1.54, 1.807) is 6.07 Å². The second-order valence-electron chi connectivity index (χ2n) is 7.46. The summed E-state index contributed by atoms with van der Waals surface area (Å²) in [6.07, 6.45) is -0.107. The molecule has 186 valence electrons. The number of nitrogens with one attached hydrogen (secondary N) is 1. The summed E-state index contributed by atoms with van der Waals surface area (Å²) in [5, 5.41) is 21.6. The van der Waals surface area contributed by atoms with Gasteiger partial charge in [-0.1, -0.05) is 23.7 Å². The highest BCUT2D eigenvalue weighted by Gasteiger charge is 2.30. The molecule has 36 heavy (non-hydrogen) atoms. The molecule has 10 nitrogen and oxygen atoms in total. The van der Waals surface area contributed by atoms with Crippen LogP contribution in [-0.4, -0.2) is 30.4 Å². The van der Waals surface area contributed by atoms with Crippen molar-refractivity contribution in [2.75, 3.05) is 5.32 Å². The Morgan fingerprint density at radius 2 is 1.97 bits per heavy atom. The van der Waals surface area contributed by atoms with Crippen LogP contribution in [0.3, 0.4) is 0 Å². The molecule has 0 atom stereocenters. The number of halogens is 4. The SMILES string of the molecule is O=C(Nc1cnn(Cc2cccc(C(F)(F)F)c2)c1)c1ccn(COc2ccc([N+](=O)[O-])cc2Cl)n1. The quantitative estimate of drug-likeness (QED) is 0.258. The standard InChI is InChI=1S/C22H16ClF3N6O4/c23-18-9-17(32(34)35)4-5-20(18)36-13-30-7-6-19(29-30)21(33)28-16-10-27-31(12-16)11-14-2-1-3-15(8-14)22(24,25)26/h1-10,12H,11,13H2,(H,28,33). The van der Waals surface area contributed by atoms with E-state index in [9.17, 15) is 28.1 Å². The Morgan fingerprint density at radius 3 is 2.69 bits per heavy atom. The van der Waals surface area contributed by atoms with Crippen LogP contribution in [0.1, 0.15) is 21.6 Å². The average molecular weight is 521 g/mol. The van der Waals surface area contributed by atoms with Gasteiger partial charge < -0.3 is 10.1 Å². The van der Waals surface area contributed by atoms with Crippen LogP contribution in [0.25, 0.3) is 0 Å². The zero-order valence-corrected chi connectivity index (χ0v) is 18.9. The van der Waals surface area contributed by atoms with Crippen LogP contribution in [-0.2, 0) is 19.5 Å². The monoisotopic (exact) mass is 520 g/mol. The van der Waals surface area contributed by atoms with Crippen molar-refractivity contribution in [1.82, 2.24) is 19.6 Å². The van der Waals surface area contributed by atoms with Crippen LogP contribution in [0.5, 0.6) is 5.75 Å². The third kappa shape index (κ3) is 5.99. The van der Waals surface area contributed by atoms with Crippen LogP contribution in [0.15, 0.2) is 67.1 Å². The first-order valence-electron chi connectivity index (χ1n) is 10.2. The summed E-state index contributed by atoms with van der Waals surface area (Å²) in [6.45, 7) is -0.0311. The van der Waals surface area contributed by atoms with E-state index >= 15 is 0 Å². The molecule has 0 unspecified atom stereocenters. The van der Waals surface area contributed by atoms with Crippen molar-refractivity contribution in [2.45, 2.75) is 19.5 Å². The highest BCUT2D eigenvalue weighted by molar-refractivity contribution is 6.32. The maximum absolute atomic E-state index is 12.9. The molecule has 2 aromatic heterocycles. The molecule has 0 bridgehead atoms. The molecule has 4 aromatic rings. The normalized spacial score (nSPS) is 11.3. The Balaban J connectivity index is 1.34. The van der Waals surface area contributed by atoms with Crippen LogP contribution >= 0.6 is 11.6 Å². The number of anilines is 1. The van der Waals surface area contributed by atoms with Gasteiger partial charge in [0.15, 0.2) is 12.4 Å². The predicted molar refractivity (Wildman–Crippen MR) is 122 cm³/mol. The molecular weight excluding hydrogens is 505 g/mol. The van der Waals surface area contributed by atoms with Gasteiger partial charge >= 0.3 is 6.18 Å². The first-order chi connectivity index (χ1) is 17.1. The van der Waals surface area contributed by atoms with Gasteiger partial charge in [-0.3, -0.25) is 19.6 Å². The average Bonchev–Trinajstić information content (AvgIpc) is 3.47. The molecule has 14 heteroatoms. The van der Waals surface area contributed by atoms with E-state index in [-0.39, 0.29) is 35.4 Å². The van der Waals surface area contributed by atoms with Crippen LogP contribution < -0.4 is 10.1 Å². The molecule has 1 N–H and O–H groups in total. The second-order valence-corrected chi connectivity index (χ2v) is 7.87. The molecule has 0 saturated heterocycles. The van der Waals surface area contributed by atoms with Gasteiger partial charge in [-0.15, -0.1) is 0 Å². The van der Waals surface area contributed by atoms with Crippen molar-refractivity contribution < 1.29 is 27.6 Å². The first kappa shape index (κ1) is 24.7. The maximum atomic E-state index is 12.9. The lowest BCUT2D eigenvalue weighted by Crippen LogP contribution is -2.14. The van der Waals surface area contributed by atoms with Gasteiger partial charge in [0.2, 0.25) is 0 Å². The van der Waals surface area contributed by atoms with Gasteiger partial charge in [0.05, 0.1) is 33.9 Å². The number of rotatable bonds is 8. The summed E-state index contributed by atoms with van der Waals surface area (Å²) in [4.78, 5) is 22.7. The molecule has 0 radical (unpaired) electrons. The molecule has 0 fully saturated rings. The van der Waals surface area contributed by atoms with E-state index in [4.69, 9.17) is 16.3 Å². The Labute approximate surface area is 206 Å². The molecular formula is C22H16ClF3N6O4. The fraction of sp³-hybridized carbons (Fsp3) is 0.136. The fourth-order valence-corrected chi connectivity index (χ4v) is 3.38. The van der Waals surface area contributed by atoms with E-state index in [1.807, 2.05) is 0 Å². The second kappa shape index (κ2) is 10.1. The maximum Gasteiger partial charge on any atom is 0.416 e. The summed E-state index contributed by atoms with van der Waals surface area (Å²) in [5.41, 5.74) is -0.133. The lowest BCUT2D eigenvalue weighted by molar-refractivity contribution is -0.384. The fourth-order valence-electron chi connectivity index (χ4n) is 3.15. The van der Waals surface area contributed by atoms with Crippen molar-refractivity contribution in [3.05, 3.63) is 99.1 Å². The highest BCUT2D eigenvalue weighted by atomic mass is 35.5. The number of benzene rings is 2. The smallest absolute Gasteiger partial charge is 0.416 e. The van der Waals surface area contributed by atoms with E-state index < -0.39 is 22.6 Å². The molecule has 0 aliphatic heterocycles. The van der Waals surface area contributed by atoms with E-state index in [0.717, 1.165) is 18.2 Å². The number of nitro benzene ring substituents is 1. The molecule has 0 aliphatic carbocycles. The Hall–Kier alpha value is -4.39. The molecule has 0 spiro atoms. The number of alkyl halides is 3. The van der Waals surface area contributed by atoms with E-state index in [2.05, 4.69) is 15.5 Å². The molecule has 0 saturated carbocycles. The third-order valence-corrected chi connectivity index (χ3v) is 5.14. The Kier molecular flexibility index (Phi) is 6.92. The van der Waals surface area contributed by atoms with Crippen molar-refractivity contribution in [3.63, 3.8) is 0 Å². The summed E-state index contributed by atoms with van der Waals surface area (Å²) < 4.78 is 46.9. The largest absolute Gasteiger partial charge is 0.470 e. The highest BCUT2D eigenvalue weighted by Crippen LogP contribution is 2.30. The van der Waals surface area contributed by atoms with Crippen LogP contribution in [0.2, 0.25) is 5.02 Å². The Morgan fingerprint density at radius 1 is 1.17 bits per heavy atom. The summed E-state index contributed by atoms with van der Waals surface area (Å²) in [7, 11) is 0. The number of carbonyl (C=O) groups is 1. The predicted octanol–water partition coefficient (Wildman–Crippen LogP) is 5.00. The van der Waals surface area contributed by atoms with Crippen molar-refractivity contribution in [3.8, 4) is 5.75 Å². The van der Waals surface area contributed by atoms with Gasteiger partial charge in [0, 0.05) is 24.5 Å². The van der Waals surface area contributed by atoms with Crippen LogP contribution in [0.4, 0.5) is 24.5 Å². The molecule has 0 aliphatic rings. The number of hydrogen-bond acceptors (Lipinski definition) is 6. The van der Waals surface area contributed by atoms with Gasteiger partial charge in [-0.05, 0) is 29.8 Å². The molecule has 1 amide bonds. The minimum atomic E-state index is -4.44. The summed E-state index contributed by atoms with van der Waals surface area (Å²) in [5.74, 6) is -0.335. The number of hydrogen-bond donors (Lipinski definition) is 1. The van der Waals surface area contributed by atoms with Gasteiger partial charge in [0.25, 0.3) is 11.6 Å². The van der Waals surface area contributed by atoms with Gasteiger partial charge in [-0.25, -0.2) is 4.68 Å². The molecule has 2 heterocycles. The summed E-state index contributed by atoms with van der Waals surface area (Å²) in [6, 6.07) is 10.1. The number of aromatic nitrogens is 4. The van der Waals surface area contributed by atoms with E-state index in [1.165, 1.54) is 52.2 Å². The lowest BCUT2D eigenvalue weighted by atomic mass is 10.1. The van der Waals surface area contributed by atoms with E-state index in [0.29, 0.717) is 11.3 Å². The third-order valence-electron chi connectivity index (χ3n) is 4.84. The van der Waals surface area contributed by atoms with Crippen LogP contribution in [0, 0.1) is 10.1 Å². The number of nitro groups is 1. The van der Waals surface area contributed by atoms with Crippen molar-refractivity contribution >= 4 is 28.9 Å². The number of carbonyl (C=O) groups excluding carboxylic acids is 1. The van der Waals surface area contributed by atoms with Crippen molar-refractivity contribution in [2.24, 2.45) is 0 Å². The zero-order chi connectivity index (χ0) is 25.9. The summed E-state index contributed by atoms with van der Waals surface area (Å²) >= 11 is 5.99. The minimum Gasteiger partial charge on any atom is -0.470 e. The number of amides is 1. The number of non-ortho nitro benzene ring substituents is 1. The molecule has 4 rings (SSSR count). The van der Waals surface area contributed by atoms with Crippen molar-refractivity contribution in [1.29, 1.82) is 0 Å².